The summed E-state index contributed by atoms with van der Waals surface area (Å²) in [6, 6.07) is 12.2. The minimum atomic E-state index is -1.57. The summed E-state index contributed by atoms with van der Waals surface area (Å²) in [6.07, 6.45) is 5.65. The van der Waals surface area contributed by atoms with E-state index in [9.17, 15) is 24.3 Å². The Labute approximate surface area is 266 Å². The van der Waals surface area contributed by atoms with Crippen LogP contribution in [0.3, 0.4) is 0 Å². The number of phenolic OH excluding ortho intramolecular Hbond substituents is 1. The maximum absolute atomic E-state index is 14.2. The Balaban J connectivity index is 2.61. The van der Waals surface area contributed by atoms with Crippen LogP contribution in [0.15, 0.2) is 48.5 Å². The number of carbonyl (C=O) groups is 4. The number of phenols is 1. The van der Waals surface area contributed by atoms with Gasteiger partial charge < -0.3 is 25.2 Å². The zero-order valence-electron chi connectivity index (χ0n) is 27.8. The van der Waals surface area contributed by atoms with Crippen LogP contribution in [0.25, 0.3) is 0 Å². The molecule has 0 heterocycles. The van der Waals surface area contributed by atoms with E-state index in [0.29, 0.717) is 12.0 Å². The van der Waals surface area contributed by atoms with Crippen molar-refractivity contribution >= 4 is 23.9 Å². The third-order valence-electron chi connectivity index (χ3n) is 6.89. The molecule has 10 nitrogen and oxygen atoms in total. The van der Waals surface area contributed by atoms with Gasteiger partial charge in [-0.05, 0) is 65.5 Å². The predicted molar refractivity (Wildman–Crippen MR) is 172 cm³/mol. The standard InChI is InChI=1S/C35H47N3O7/c1-11-22(3)27(37-33(43)45-35(8,9)10)31(41)38(12-2)28(25-20-16-17-23(4)29(25)39)30(40)36-26(32(42)44-34(5,6)7)21-24-18-14-13-15-19-24/h2,13-20,22,26-28,39H,11,21H2,1,3-10H3,(H,36,40)(H,37,43). The van der Waals surface area contributed by atoms with Crippen LogP contribution < -0.4 is 10.6 Å². The first-order valence-electron chi connectivity index (χ1n) is 15.0. The summed E-state index contributed by atoms with van der Waals surface area (Å²) in [6.45, 7) is 15.5. The van der Waals surface area contributed by atoms with Crippen molar-refractivity contribution in [2.75, 3.05) is 0 Å². The first kappa shape index (κ1) is 36.7. The molecular weight excluding hydrogens is 574 g/mol. The van der Waals surface area contributed by atoms with Crippen molar-refractivity contribution in [3.63, 3.8) is 0 Å². The number of carbonyl (C=O) groups excluding carboxylic acids is 4. The van der Waals surface area contributed by atoms with Gasteiger partial charge in [0, 0.05) is 18.0 Å². The molecule has 2 aromatic carbocycles. The fourth-order valence-corrected chi connectivity index (χ4v) is 4.50. The normalized spacial score (nSPS) is 14.1. The van der Waals surface area contributed by atoms with Gasteiger partial charge in [0.2, 0.25) is 5.91 Å². The van der Waals surface area contributed by atoms with E-state index in [2.05, 4.69) is 16.7 Å². The van der Waals surface area contributed by atoms with Crippen LogP contribution in [0.4, 0.5) is 4.79 Å². The highest BCUT2D eigenvalue weighted by Gasteiger charge is 2.40. The number of terminal acetylenes is 1. The number of benzene rings is 2. The van der Waals surface area contributed by atoms with Gasteiger partial charge in [-0.25, -0.2) is 9.59 Å². The van der Waals surface area contributed by atoms with E-state index in [-0.39, 0.29) is 17.7 Å². The highest BCUT2D eigenvalue weighted by Crippen LogP contribution is 2.33. The average Bonchev–Trinajstić information content (AvgIpc) is 2.94. The third-order valence-corrected chi connectivity index (χ3v) is 6.89. The SMILES string of the molecule is C#CN(C(=O)C(NC(=O)OC(C)(C)C)C(C)CC)C(C(=O)NC(Cc1ccccc1)C(=O)OC(C)(C)C)c1cccc(C)c1O. The lowest BCUT2D eigenvalue weighted by Gasteiger charge is -2.33. The average molecular weight is 622 g/mol. The molecule has 3 amide bonds. The van der Waals surface area contributed by atoms with Gasteiger partial charge in [0.15, 0.2) is 6.04 Å². The number of hydrogen-bond donors (Lipinski definition) is 3. The molecule has 3 N–H and O–H groups in total. The van der Waals surface area contributed by atoms with Gasteiger partial charge in [-0.15, -0.1) is 0 Å². The van der Waals surface area contributed by atoms with Crippen molar-refractivity contribution < 1.29 is 33.8 Å². The molecule has 2 aromatic rings. The zero-order valence-corrected chi connectivity index (χ0v) is 27.8. The smallest absolute Gasteiger partial charge is 0.408 e. The quantitative estimate of drug-likeness (QED) is 0.179. The fraction of sp³-hybridized carbons (Fsp3) is 0.486. The molecule has 10 heteroatoms. The summed E-state index contributed by atoms with van der Waals surface area (Å²) in [5, 5.41) is 16.4. The number of aryl methyl sites for hydroxylation is 1. The number of rotatable bonds is 11. The van der Waals surface area contributed by atoms with Crippen LogP contribution in [-0.4, -0.2) is 57.2 Å². The summed E-state index contributed by atoms with van der Waals surface area (Å²) in [7, 11) is 0. The lowest BCUT2D eigenvalue weighted by molar-refractivity contribution is -0.159. The van der Waals surface area contributed by atoms with E-state index in [0.717, 1.165) is 10.5 Å². The number of nitrogens with one attached hydrogen (secondary N) is 2. The van der Waals surface area contributed by atoms with Crippen LogP contribution in [0.2, 0.25) is 0 Å². The molecule has 244 valence electrons. The van der Waals surface area contributed by atoms with E-state index in [1.165, 1.54) is 6.07 Å². The molecule has 2 rings (SSSR count). The van der Waals surface area contributed by atoms with E-state index in [4.69, 9.17) is 15.9 Å². The maximum atomic E-state index is 14.2. The van der Waals surface area contributed by atoms with Gasteiger partial charge in [-0.1, -0.05) is 75.2 Å². The molecule has 0 aliphatic carbocycles. The van der Waals surface area contributed by atoms with Crippen LogP contribution in [0, 0.1) is 25.3 Å². The van der Waals surface area contributed by atoms with Crippen molar-refractivity contribution in [2.45, 2.75) is 104 Å². The predicted octanol–water partition coefficient (Wildman–Crippen LogP) is 5.17. The highest BCUT2D eigenvalue weighted by molar-refractivity contribution is 5.95. The van der Waals surface area contributed by atoms with Crippen molar-refractivity contribution in [2.24, 2.45) is 5.92 Å². The van der Waals surface area contributed by atoms with E-state index in [1.807, 2.05) is 37.3 Å². The van der Waals surface area contributed by atoms with E-state index < -0.39 is 59.1 Å². The number of alkyl carbamates (subject to hydrolysis) is 1. The lowest BCUT2D eigenvalue weighted by atomic mass is 9.95. The van der Waals surface area contributed by atoms with Gasteiger partial charge in [-0.3, -0.25) is 14.5 Å². The maximum Gasteiger partial charge on any atom is 0.408 e. The van der Waals surface area contributed by atoms with Crippen LogP contribution in [-0.2, 0) is 30.3 Å². The molecular formula is C35H47N3O7. The Morgan fingerprint density at radius 3 is 2.07 bits per heavy atom. The Morgan fingerprint density at radius 2 is 1.53 bits per heavy atom. The monoisotopic (exact) mass is 621 g/mol. The molecule has 0 spiro atoms. The number of para-hydroxylation sites is 1. The summed E-state index contributed by atoms with van der Waals surface area (Å²) in [4.78, 5) is 55.3. The molecule has 0 aliphatic heterocycles. The largest absolute Gasteiger partial charge is 0.507 e. The zero-order chi connectivity index (χ0) is 34.1. The molecule has 0 saturated heterocycles. The summed E-state index contributed by atoms with van der Waals surface area (Å²) < 4.78 is 11.0. The number of amides is 3. The Morgan fingerprint density at radius 1 is 0.933 bits per heavy atom. The Kier molecular flexibility index (Phi) is 12.6. The second-order valence-electron chi connectivity index (χ2n) is 13.0. The molecule has 0 aliphatic rings. The first-order chi connectivity index (χ1) is 20.9. The summed E-state index contributed by atoms with van der Waals surface area (Å²) >= 11 is 0. The first-order valence-corrected chi connectivity index (χ1v) is 15.0. The minimum Gasteiger partial charge on any atom is -0.507 e. The van der Waals surface area contributed by atoms with Crippen LogP contribution in [0.1, 0.15) is 84.5 Å². The van der Waals surface area contributed by atoms with Crippen molar-refractivity contribution in [3.05, 3.63) is 65.2 Å². The second kappa shape index (κ2) is 15.5. The van der Waals surface area contributed by atoms with Gasteiger partial charge in [0.1, 0.15) is 29.0 Å². The molecule has 0 radical (unpaired) electrons. The summed E-state index contributed by atoms with van der Waals surface area (Å²) in [5.41, 5.74) is -0.436. The van der Waals surface area contributed by atoms with Crippen LogP contribution >= 0.6 is 0 Å². The number of aromatic hydroxyl groups is 1. The molecule has 4 atom stereocenters. The number of nitrogens with zero attached hydrogens (tertiary/aromatic N) is 1. The lowest BCUT2D eigenvalue weighted by Crippen LogP contribution is -2.55. The second-order valence-corrected chi connectivity index (χ2v) is 13.0. The molecule has 4 unspecified atom stereocenters. The fourth-order valence-electron chi connectivity index (χ4n) is 4.50. The molecule has 0 saturated carbocycles. The van der Waals surface area contributed by atoms with Crippen molar-refractivity contribution in [1.29, 1.82) is 0 Å². The van der Waals surface area contributed by atoms with Gasteiger partial charge >= 0.3 is 12.1 Å². The van der Waals surface area contributed by atoms with Gasteiger partial charge in [-0.2, -0.15) is 0 Å². The molecule has 45 heavy (non-hydrogen) atoms. The van der Waals surface area contributed by atoms with Crippen molar-refractivity contribution in [3.8, 4) is 18.2 Å². The topological polar surface area (TPSA) is 134 Å². The minimum absolute atomic E-state index is 0.0432. The molecule has 0 aromatic heterocycles. The summed E-state index contributed by atoms with van der Waals surface area (Å²) in [5.74, 6) is -2.94. The molecule has 0 fully saturated rings. The van der Waals surface area contributed by atoms with Crippen LogP contribution in [0.5, 0.6) is 5.75 Å². The number of esters is 1. The third kappa shape index (κ3) is 10.9. The van der Waals surface area contributed by atoms with Gasteiger partial charge in [0.05, 0.1) is 0 Å². The van der Waals surface area contributed by atoms with E-state index >= 15 is 0 Å². The van der Waals surface area contributed by atoms with Crippen molar-refractivity contribution in [1.82, 2.24) is 15.5 Å². The Hall–Kier alpha value is -4.52. The van der Waals surface area contributed by atoms with E-state index in [1.54, 1.807) is 67.5 Å². The van der Waals surface area contributed by atoms with Gasteiger partial charge in [0.25, 0.3) is 5.91 Å². The Bertz CT molecular complexity index is 1390. The molecule has 0 bridgehead atoms. The number of hydrogen-bond acceptors (Lipinski definition) is 7. The number of ether oxygens (including phenoxy) is 2. The highest BCUT2D eigenvalue weighted by atomic mass is 16.6.